The SMILES string of the molecule is CCCCCC(=O)c1c(O)c(Cl)c(Oc2ccccc2)c(Cl)c1OC(=O)CCCC(C)Br. The molecule has 0 aliphatic carbocycles. The van der Waals surface area contributed by atoms with Gasteiger partial charge in [0.05, 0.1) is 0 Å². The Balaban J connectivity index is 2.44. The smallest absolute Gasteiger partial charge is 0.311 e. The van der Waals surface area contributed by atoms with Crippen LogP contribution in [-0.2, 0) is 4.79 Å². The number of alkyl halides is 1. The molecule has 0 aliphatic rings. The number of phenols is 1. The fraction of sp³-hybridized carbons (Fsp3) is 0.417. The fourth-order valence-corrected chi connectivity index (χ4v) is 3.90. The van der Waals surface area contributed by atoms with E-state index in [1.807, 2.05) is 19.9 Å². The summed E-state index contributed by atoms with van der Waals surface area (Å²) >= 11 is 16.3. The number of carbonyl (C=O) groups excluding carboxylic acids is 2. The first kappa shape index (κ1) is 26.5. The van der Waals surface area contributed by atoms with Crippen molar-refractivity contribution in [2.24, 2.45) is 0 Å². The molecule has 2 aromatic rings. The molecule has 0 saturated heterocycles. The van der Waals surface area contributed by atoms with Crippen LogP contribution in [0.25, 0.3) is 0 Å². The predicted octanol–water partition coefficient (Wildman–Crippen LogP) is 8.11. The summed E-state index contributed by atoms with van der Waals surface area (Å²) in [6.45, 7) is 4.01. The zero-order chi connectivity index (χ0) is 23.7. The number of carbonyl (C=O) groups is 2. The van der Waals surface area contributed by atoms with E-state index in [-0.39, 0.29) is 44.8 Å². The second kappa shape index (κ2) is 13.1. The van der Waals surface area contributed by atoms with Crippen molar-refractivity contribution in [3.63, 3.8) is 0 Å². The third-order valence-corrected chi connectivity index (χ3v) is 5.87. The molecular weight excluding hydrogens is 519 g/mol. The topological polar surface area (TPSA) is 72.8 Å². The summed E-state index contributed by atoms with van der Waals surface area (Å²) in [7, 11) is 0. The van der Waals surface area contributed by atoms with E-state index in [1.54, 1.807) is 24.3 Å². The van der Waals surface area contributed by atoms with Crippen molar-refractivity contribution < 1.29 is 24.2 Å². The first-order chi connectivity index (χ1) is 15.3. The van der Waals surface area contributed by atoms with Gasteiger partial charge in [-0.1, -0.05) is 84.0 Å². The van der Waals surface area contributed by atoms with Gasteiger partial charge in [0.25, 0.3) is 0 Å². The number of unbranched alkanes of at least 4 members (excludes halogenated alkanes) is 2. The lowest BCUT2D eigenvalue weighted by molar-refractivity contribution is -0.134. The van der Waals surface area contributed by atoms with Crippen LogP contribution < -0.4 is 9.47 Å². The highest BCUT2D eigenvalue weighted by Gasteiger charge is 2.30. The lowest BCUT2D eigenvalue weighted by Crippen LogP contribution is -2.13. The number of esters is 1. The van der Waals surface area contributed by atoms with Gasteiger partial charge in [0.15, 0.2) is 23.0 Å². The van der Waals surface area contributed by atoms with Gasteiger partial charge >= 0.3 is 5.97 Å². The minimum Gasteiger partial charge on any atom is -0.505 e. The summed E-state index contributed by atoms with van der Waals surface area (Å²) < 4.78 is 11.3. The molecule has 1 atom stereocenters. The van der Waals surface area contributed by atoms with Gasteiger partial charge in [-0.15, -0.1) is 0 Å². The van der Waals surface area contributed by atoms with Crippen LogP contribution in [0.3, 0.4) is 0 Å². The van der Waals surface area contributed by atoms with Crippen LogP contribution in [0, 0.1) is 0 Å². The summed E-state index contributed by atoms with van der Waals surface area (Å²) in [5, 5.41) is 10.4. The van der Waals surface area contributed by atoms with Crippen LogP contribution >= 0.6 is 39.1 Å². The fourth-order valence-electron chi connectivity index (χ4n) is 3.04. The lowest BCUT2D eigenvalue weighted by Gasteiger charge is -2.18. The van der Waals surface area contributed by atoms with Crippen molar-refractivity contribution in [3.8, 4) is 23.0 Å². The van der Waals surface area contributed by atoms with Crippen LogP contribution in [-0.4, -0.2) is 21.7 Å². The number of ether oxygens (including phenoxy) is 2. The molecule has 2 aromatic carbocycles. The number of aromatic hydroxyl groups is 1. The second-order valence-corrected chi connectivity index (χ2v) is 9.77. The molecule has 0 fully saturated rings. The van der Waals surface area contributed by atoms with E-state index < -0.39 is 17.5 Å². The molecule has 32 heavy (non-hydrogen) atoms. The molecular formula is C24H27BrCl2O5. The maximum atomic E-state index is 12.9. The molecule has 0 amide bonds. The number of hydrogen-bond acceptors (Lipinski definition) is 5. The minimum absolute atomic E-state index is 0.0842. The average Bonchev–Trinajstić information content (AvgIpc) is 2.75. The van der Waals surface area contributed by atoms with E-state index in [4.69, 9.17) is 32.7 Å². The van der Waals surface area contributed by atoms with Crippen LogP contribution in [0.5, 0.6) is 23.0 Å². The van der Waals surface area contributed by atoms with Crippen LogP contribution in [0.1, 0.15) is 69.2 Å². The molecule has 0 aliphatic heterocycles. The largest absolute Gasteiger partial charge is 0.505 e. The maximum Gasteiger partial charge on any atom is 0.311 e. The molecule has 0 spiro atoms. The minimum atomic E-state index is -0.560. The summed E-state index contributed by atoms with van der Waals surface area (Å²) in [4.78, 5) is 25.7. The molecule has 174 valence electrons. The van der Waals surface area contributed by atoms with Crippen LogP contribution in [0.2, 0.25) is 10.0 Å². The first-order valence-electron chi connectivity index (χ1n) is 10.6. The summed E-state index contributed by atoms with van der Waals surface area (Å²) in [6.07, 6.45) is 4.08. The van der Waals surface area contributed by atoms with Gasteiger partial charge in [0.1, 0.15) is 21.4 Å². The molecule has 0 heterocycles. The van der Waals surface area contributed by atoms with Crippen LogP contribution in [0.15, 0.2) is 30.3 Å². The number of ketones is 1. The van der Waals surface area contributed by atoms with Crippen LogP contribution in [0.4, 0.5) is 0 Å². The zero-order valence-corrected chi connectivity index (χ0v) is 21.2. The molecule has 0 saturated carbocycles. The van der Waals surface area contributed by atoms with Gasteiger partial charge in [-0.05, 0) is 31.4 Å². The van der Waals surface area contributed by atoms with E-state index in [0.717, 1.165) is 19.3 Å². The maximum absolute atomic E-state index is 12.9. The Bertz CT molecular complexity index is 932. The van der Waals surface area contributed by atoms with Gasteiger partial charge < -0.3 is 14.6 Å². The highest BCUT2D eigenvalue weighted by molar-refractivity contribution is 9.09. The lowest BCUT2D eigenvalue weighted by atomic mass is 10.0. The molecule has 2 rings (SSSR count). The summed E-state index contributed by atoms with van der Waals surface area (Å²) in [6, 6.07) is 8.69. The summed E-state index contributed by atoms with van der Waals surface area (Å²) in [5.41, 5.74) is -0.196. The number of benzene rings is 2. The van der Waals surface area contributed by atoms with Gasteiger partial charge in [-0.3, -0.25) is 9.59 Å². The van der Waals surface area contributed by atoms with E-state index in [2.05, 4.69) is 15.9 Å². The Morgan fingerprint density at radius 2 is 1.72 bits per heavy atom. The molecule has 8 heteroatoms. The number of halogens is 3. The standard InChI is InChI=1S/C24H27BrCl2O5/c1-3-4-6-13-17(28)19-22(30)20(26)24(31-16-11-7-5-8-12-16)21(27)23(19)32-18(29)14-9-10-15(2)25/h5,7-8,11-12,15,30H,3-4,6,9-10,13-14H2,1-2H3. The Morgan fingerprint density at radius 1 is 1.03 bits per heavy atom. The van der Waals surface area contributed by atoms with E-state index in [1.165, 1.54) is 0 Å². The van der Waals surface area contributed by atoms with Crippen molar-refractivity contribution >= 4 is 50.9 Å². The third kappa shape index (κ3) is 7.39. The number of para-hydroxylation sites is 1. The van der Waals surface area contributed by atoms with Gasteiger partial charge in [-0.25, -0.2) is 0 Å². The molecule has 0 aromatic heterocycles. The molecule has 1 unspecified atom stereocenters. The Morgan fingerprint density at radius 3 is 2.34 bits per heavy atom. The average molecular weight is 546 g/mol. The molecule has 5 nitrogen and oxygen atoms in total. The third-order valence-electron chi connectivity index (χ3n) is 4.72. The summed E-state index contributed by atoms with van der Waals surface area (Å²) in [5.74, 6) is -1.36. The zero-order valence-electron chi connectivity index (χ0n) is 18.1. The Hall–Kier alpha value is -1.76. The second-order valence-electron chi connectivity index (χ2n) is 7.45. The van der Waals surface area contributed by atoms with Crippen molar-refractivity contribution in [3.05, 3.63) is 45.9 Å². The highest BCUT2D eigenvalue weighted by Crippen LogP contribution is 2.50. The number of Topliss-reactive ketones (excluding diaryl/α,β-unsaturated/α-hetero) is 1. The number of hydrogen-bond donors (Lipinski definition) is 1. The normalized spacial score (nSPS) is 11.8. The van der Waals surface area contributed by atoms with Gasteiger partial charge in [0.2, 0.25) is 0 Å². The number of phenolic OH excluding ortho intramolecular Hbond substituents is 1. The van der Waals surface area contributed by atoms with E-state index in [9.17, 15) is 14.7 Å². The highest BCUT2D eigenvalue weighted by atomic mass is 79.9. The van der Waals surface area contributed by atoms with Crippen molar-refractivity contribution in [1.82, 2.24) is 0 Å². The van der Waals surface area contributed by atoms with Gasteiger partial charge in [0, 0.05) is 17.7 Å². The quantitative estimate of drug-likeness (QED) is 0.0958. The Labute approximate surface area is 207 Å². The molecule has 0 radical (unpaired) electrons. The number of rotatable bonds is 12. The van der Waals surface area contributed by atoms with Crippen molar-refractivity contribution in [2.45, 2.75) is 63.6 Å². The van der Waals surface area contributed by atoms with Gasteiger partial charge in [-0.2, -0.15) is 0 Å². The monoisotopic (exact) mass is 544 g/mol. The van der Waals surface area contributed by atoms with Crippen molar-refractivity contribution in [1.29, 1.82) is 0 Å². The van der Waals surface area contributed by atoms with E-state index >= 15 is 0 Å². The molecule has 0 bridgehead atoms. The Kier molecular flexibility index (Phi) is 10.8. The van der Waals surface area contributed by atoms with Crippen molar-refractivity contribution in [2.75, 3.05) is 0 Å². The molecule has 1 N–H and O–H groups in total. The van der Waals surface area contributed by atoms with E-state index in [0.29, 0.717) is 18.6 Å². The predicted molar refractivity (Wildman–Crippen MR) is 131 cm³/mol. The first-order valence-corrected chi connectivity index (χ1v) is 12.3.